The predicted molar refractivity (Wildman–Crippen MR) is 106 cm³/mol. The number of aryl methyl sites for hydroxylation is 1. The number of hydrogen-bond acceptors (Lipinski definition) is 5. The van der Waals surface area contributed by atoms with Crippen molar-refractivity contribution < 1.29 is 19.1 Å². The molecule has 8 heteroatoms. The van der Waals surface area contributed by atoms with E-state index >= 15 is 0 Å². The third-order valence-corrected chi connectivity index (χ3v) is 5.50. The van der Waals surface area contributed by atoms with Crippen molar-refractivity contribution in [2.75, 3.05) is 12.9 Å². The Hall–Kier alpha value is -3.00. The van der Waals surface area contributed by atoms with Gasteiger partial charge in [0.1, 0.15) is 11.3 Å². The number of nitrogens with zero attached hydrogens (tertiary/aromatic N) is 1. The summed E-state index contributed by atoms with van der Waals surface area (Å²) in [6.45, 7) is 3.58. The Morgan fingerprint density at radius 2 is 1.79 bits per heavy atom. The Kier molecular flexibility index (Phi) is 5.60. The van der Waals surface area contributed by atoms with Gasteiger partial charge in [0.25, 0.3) is 5.91 Å². The summed E-state index contributed by atoms with van der Waals surface area (Å²) in [5.41, 5.74) is 2.86. The van der Waals surface area contributed by atoms with Crippen molar-refractivity contribution in [3.05, 3.63) is 59.7 Å². The molecule has 146 valence electrons. The van der Waals surface area contributed by atoms with Crippen LogP contribution in [0.25, 0.3) is 0 Å². The maximum absolute atomic E-state index is 12.8. The Balaban J connectivity index is 1.65. The van der Waals surface area contributed by atoms with Crippen molar-refractivity contribution in [1.29, 1.82) is 0 Å². The molecule has 0 aromatic heterocycles. The largest absolute Gasteiger partial charge is 0.497 e. The van der Waals surface area contributed by atoms with Crippen molar-refractivity contribution in [3.63, 3.8) is 0 Å². The first-order valence-electron chi connectivity index (χ1n) is 8.63. The van der Waals surface area contributed by atoms with Crippen LogP contribution in [0.5, 0.6) is 5.75 Å². The number of hydrogen-bond donors (Lipinski definition) is 2. The molecule has 7 nitrogen and oxygen atoms in total. The van der Waals surface area contributed by atoms with Crippen LogP contribution >= 0.6 is 11.8 Å². The van der Waals surface area contributed by atoms with Crippen LogP contribution in [0.3, 0.4) is 0 Å². The molecule has 1 heterocycles. The summed E-state index contributed by atoms with van der Waals surface area (Å²) in [5, 5.41) is 3.38. The topological polar surface area (TPSA) is 87.7 Å². The SMILES string of the molecule is COc1ccc([C@]2(C)NC(=O)N(NC(=O)CSc3ccc(C)cc3)C2=O)cc1. The number of methoxy groups -OCH3 is 1. The van der Waals surface area contributed by atoms with E-state index in [9.17, 15) is 14.4 Å². The molecule has 0 spiro atoms. The molecule has 0 aliphatic carbocycles. The normalized spacial score (nSPS) is 18.8. The molecule has 0 radical (unpaired) electrons. The van der Waals surface area contributed by atoms with Gasteiger partial charge in [0, 0.05) is 4.90 Å². The summed E-state index contributed by atoms with van der Waals surface area (Å²) >= 11 is 1.33. The number of nitrogens with one attached hydrogen (secondary N) is 2. The smallest absolute Gasteiger partial charge is 0.344 e. The molecule has 1 fully saturated rings. The van der Waals surface area contributed by atoms with Crippen LogP contribution in [-0.2, 0) is 15.1 Å². The Bertz CT molecular complexity index is 899. The van der Waals surface area contributed by atoms with Gasteiger partial charge in [-0.2, -0.15) is 5.01 Å². The first kappa shape index (κ1) is 19.8. The van der Waals surface area contributed by atoms with Gasteiger partial charge in [-0.05, 0) is 43.7 Å². The fraction of sp³-hybridized carbons (Fsp3) is 0.250. The molecule has 1 aliphatic heterocycles. The van der Waals surface area contributed by atoms with Crippen LogP contribution in [0.2, 0.25) is 0 Å². The number of imide groups is 1. The van der Waals surface area contributed by atoms with Crippen LogP contribution < -0.4 is 15.5 Å². The first-order chi connectivity index (χ1) is 13.3. The molecular weight excluding hydrogens is 378 g/mol. The second kappa shape index (κ2) is 7.93. The molecule has 28 heavy (non-hydrogen) atoms. The molecule has 4 amide bonds. The maximum atomic E-state index is 12.8. The summed E-state index contributed by atoms with van der Waals surface area (Å²) in [4.78, 5) is 38.3. The average molecular weight is 399 g/mol. The zero-order chi connectivity index (χ0) is 20.3. The first-order valence-corrected chi connectivity index (χ1v) is 9.62. The quantitative estimate of drug-likeness (QED) is 0.576. The average Bonchev–Trinajstić information content (AvgIpc) is 2.91. The third-order valence-electron chi connectivity index (χ3n) is 4.49. The number of ether oxygens (including phenoxy) is 1. The van der Waals surface area contributed by atoms with E-state index in [2.05, 4.69) is 10.7 Å². The number of amides is 4. The van der Waals surface area contributed by atoms with Crippen molar-refractivity contribution in [2.45, 2.75) is 24.3 Å². The van der Waals surface area contributed by atoms with Gasteiger partial charge in [-0.15, -0.1) is 11.8 Å². The number of carbonyl (C=O) groups excluding carboxylic acids is 3. The van der Waals surface area contributed by atoms with E-state index in [4.69, 9.17) is 4.74 Å². The minimum atomic E-state index is -1.26. The molecule has 1 saturated heterocycles. The molecular formula is C20H21N3O4S. The lowest BCUT2D eigenvalue weighted by Gasteiger charge is -2.22. The lowest BCUT2D eigenvalue weighted by atomic mass is 9.92. The maximum Gasteiger partial charge on any atom is 0.344 e. The van der Waals surface area contributed by atoms with E-state index in [1.54, 1.807) is 38.3 Å². The van der Waals surface area contributed by atoms with Crippen LogP contribution in [0, 0.1) is 6.92 Å². The molecule has 3 rings (SSSR count). The monoisotopic (exact) mass is 399 g/mol. The summed E-state index contributed by atoms with van der Waals surface area (Å²) in [5.74, 6) is -0.258. The van der Waals surface area contributed by atoms with Gasteiger partial charge in [0.2, 0.25) is 5.91 Å². The zero-order valence-corrected chi connectivity index (χ0v) is 16.6. The van der Waals surface area contributed by atoms with E-state index in [1.165, 1.54) is 11.8 Å². The lowest BCUT2D eigenvalue weighted by molar-refractivity contribution is -0.138. The molecule has 2 N–H and O–H groups in total. The van der Waals surface area contributed by atoms with E-state index < -0.39 is 23.4 Å². The van der Waals surface area contributed by atoms with Crippen LogP contribution in [0.4, 0.5) is 4.79 Å². The molecule has 1 atom stereocenters. The second-order valence-electron chi connectivity index (χ2n) is 6.56. The molecule has 2 aromatic rings. The highest BCUT2D eigenvalue weighted by Crippen LogP contribution is 2.29. The molecule has 1 aliphatic rings. The highest BCUT2D eigenvalue weighted by Gasteiger charge is 2.50. The Labute approximate surface area is 167 Å². The third kappa shape index (κ3) is 3.96. The van der Waals surface area contributed by atoms with E-state index in [0.29, 0.717) is 11.3 Å². The summed E-state index contributed by atoms with van der Waals surface area (Å²) in [7, 11) is 1.55. The summed E-state index contributed by atoms with van der Waals surface area (Å²) in [6, 6.07) is 13.9. The van der Waals surface area contributed by atoms with Crippen molar-refractivity contribution in [3.8, 4) is 5.75 Å². The summed E-state index contributed by atoms with van der Waals surface area (Å²) < 4.78 is 5.11. The number of benzene rings is 2. The van der Waals surface area contributed by atoms with Crippen molar-refractivity contribution >= 4 is 29.6 Å². The minimum Gasteiger partial charge on any atom is -0.497 e. The highest BCUT2D eigenvalue weighted by atomic mass is 32.2. The van der Waals surface area contributed by atoms with Crippen LogP contribution in [-0.4, -0.2) is 35.7 Å². The fourth-order valence-corrected chi connectivity index (χ4v) is 3.49. The van der Waals surface area contributed by atoms with Gasteiger partial charge in [0.05, 0.1) is 12.9 Å². The highest BCUT2D eigenvalue weighted by molar-refractivity contribution is 8.00. The number of hydrazine groups is 1. The van der Waals surface area contributed by atoms with Gasteiger partial charge in [0.15, 0.2) is 0 Å². The molecule has 0 bridgehead atoms. The zero-order valence-electron chi connectivity index (χ0n) is 15.8. The van der Waals surface area contributed by atoms with Gasteiger partial charge < -0.3 is 10.1 Å². The van der Waals surface area contributed by atoms with Gasteiger partial charge in [-0.25, -0.2) is 4.79 Å². The second-order valence-corrected chi connectivity index (χ2v) is 7.61. The number of rotatable bonds is 6. The standard InChI is InChI=1S/C20H21N3O4S/c1-13-4-10-16(11-5-13)28-12-17(24)22-23-18(25)20(2,21-19(23)26)14-6-8-15(27-3)9-7-14/h4-11H,12H2,1-3H3,(H,21,26)(H,22,24)/t20-/m0/s1. The van der Waals surface area contributed by atoms with E-state index in [-0.39, 0.29) is 5.75 Å². The van der Waals surface area contributed by atoms with Gasteiger partial charge in [-0.1, -0.05) is 29.8 Å². The van der Waals surface area contributed by atoms with Gasteiger partial charge in [-0.3, -0.25) is 15.0 Å². The number of thioether (sulfide) groups is 1. The van der Waals surface area contributed by atoms with Crippen LogP contribution in [0.15, 0.2) is 53.4 Å². The lowest BCUT2D eigenvalue weighted by Crippen LogP contribution is -2.48. The Morgan fingerprint density at radius 3 is 2.39 bits per heavy atom. The van der Waals surface area contributed by atoms with Crippen molar-refractivity contribution in [1.82, 2.24) is 15.8 Å². The molecule has 0 saturated carbocycles. The van der Waals surface area contributed by atoms with Gasteiger partial charge >= 0.3 is 6.03 Å². The van der Waals surface area contributed by atoms with Crippen LogP contribution in [0.1, 0.15) is 18.1 Å². The molecule has 0 unspecified atom stereocenters. The van der Waals surface area contributed by atoms with E-state index in [0.717, 1.165) is 15.5 Å². The molecule has 2 aromatic carbocycles. The Morgan fingerprint density at radius 1 is 1.14 bits per heavy atom. The summed E-state index contributed by atoms with van der Waals surface area (Å²) in [6.07, 6.45) is 0. The predicted octanol–water partition coefficient (Wildman–Crippen LogP) is 2.59. The fourth-order valence-electron chi connectivity index (χ4n) is 2.80. The minimum absolute atomic E-state index is 0.0827. The number of carbonyl (C=O) groups is 3. The van der Waals surface area contributed by atoms with E-state index in [1.807, 2.05) is 31.2 Å². The van der Waals surface area contributed by atoms with Crippen molar-refractivity contribution in [2.24, 2.45) is 0 Å². The number of urea groups is 1.